The molecule has 0 amide bonds. The molecule has 1 unspecified atom stereocenters. The van der Waals surface area contributed by atoms with Crippen LogP contribution in [0.2, 0.25) is 5.02 Å². The SMILES string of the molecule is C=CCOC1(C)CCN(c2c([C@H](OC(C)(C)C)C(=O)OC)c(C)nc3cc(-c4ccc(F)c(-c5c(Cl)cccc5OC(C)CC=C)c4)nn23)CC1. The standard InChI is InChI=1S/C40H48ClFN4O5/c1-10-13-25(3)50-32-15-12-14-29(41)35(32)28-23-27(16-17-30(28)42)31-24-33-43-26(4)34(36(38(47)48-9)51-39(5,6)7)37(46(33)44-31)45-20-18-40(8,19-21-45)49-22-11-2/h10-12,14-17,23-25,36H,1-2,13,18-22H2,3-9H3/t25?,36-/m0/s1. The van der Waals surface area contributed by atoms with Crippen LogP contribution in [0.15, 0.2) is 67.8 Å². The molecule has 0 spiro atoms. The van der Waals surface area contributed by atoms with Crippen molar-refractivity contribution in [1.82, 2.24) is 14.6 Å². The highest BCUT2D eigenvalue weighted by Crippen LogP contribution is 2.42. The van der Waals surface area contributed by atoms with Crippen LogP contribution in [0.5, 0.6) is 5.75 Å². The Labute approximate surface area is 305 Å². The lowest BCUT2D eigenvalue weighted by Crippen LogP contribution is -2.45. The zero-order valence-corrected chi connectivity index (χ0v) is 31.3. The second-order valence-electron chi connectivity index (χ2n) is 14.2. The predicted molar refractivity (Wildman–Crippen MR) is 200 cm³/mol. The van der Waals surface area contributed by atoms with E-state index in [9.17, 15) is 4.79 Å². The number of rotatable bonds is 13. The van der Waals surface area contributed by atoms with Crippen molar-refractivity contribution in [2.75, 3.05) is 31.7 Å². The van der Waals surface area contributed by atoms with Crippen molar-refractivity contribution in [2.45, 2.75) is 84.2 Å². The number of benzene rings is 2. The number of carbonyl (C=O) groups excluding carboxylic acids is 1. The monoisotopic (exact) mass is 718 g/mol. The molecule has 2 atom stereocenters. The minimum atomic E-state index is -1.07. The van der Waals surface area contributed by atoms with Crippen LogP contribution in [0.25, 0.3) is 28.0 Å². The van der Waals surface area contributed by atoms with Gasteiger partial charge in [0.15, 0.2) is 11.8 Å². The molecule has 1 aliphatic heterocycles. The number of aryl methyl sites for hydroxylation is 1. The first kappa shape index (κ1) is 38.0. The summed E-state index contributed by atoms with van der Waals surface area (Å²) in [5.74, 6) is 0.148. The van der Waals surface area contributed by atoms with E-state index >= 15 is 4.39 Å². The van der Waals surface area contributed by atoms with Gasteiger partial charge in [-0.2, -0.15) is 9.61 Å². The number of carbonyl (C=O) groups is 1. The number of hydrogen-bond acceptors (Lipinski definition) is 8. The van der Waals surface area contributed by atoms with E-state index in [4.69, 9.17) is 40.6 Å². The molecule has 0 N–H and O–H groups in total. The Morgan fingerprint density at radius 1 is 1.14 bits per heavy atom. The first-order valence-corrected chi connectivity index (χ1v) is 17.6. The van der Waals surface area contributed by atoms with Gasteiger partial charge in [0.25, 0.3) is 0 Å². The molecule has 3 heterocycles. The molecule has 1 fully saturated rings. The maximum Gasteiger partial charge on any atom is 0.339 e. The number of anilines is 1. The van der Waals surface area contributed by atoms with Crippen LogP contribution < -0.4 is 9.64 Å². The summed E-state index contributed by atoms with van der Waals surface area (Å²) in [6, 6.07) is 11.9. The van der Waals surface area contributed by atoms with Gasteiger partial charge in [0.1, 0.15) is 17.4 Å². The van der Waals surface area contributed by atoms with Crippen molar-refractivity contribution in [3.63, 3.8) is 0 Å². The first-order chi connectivity index (χ1) is 24.2. The highest BCUT2D eigenvalue weighted by molar-refractivity contribution is 6.33. The van der Waals surface area contributed by atoms with Crippen molar-refractivity contribution in [2.24, 2.45) is 0 Å². The Balaban J connectivity index is 1.67. The number of piperidine rings is 1. The lowest BCUT2D eigenvalue weighted by Gasteiger charge is -2.41. The summed E-state index contributed by atoms with van der Waals surface area (Å²) in [5.41, 5.74) is 2.65. The minimum absolute atomic E-state index is 0.191. The zero-order valence-electron chi connectivity index (χ0n) is 30.6. The molecule has 51 heavy (non-hydrogen) atoms. The van der Waals surface area contributed by atoms with Crippen molar-refractivity contribution >= 4 is 29.0 Å². The minimum Gasteiger partial charge on any atom is -0.490 e. The van der Waals surface area contributed by atoms with Gasteiger partial charge >= 0.3 is 5.97 Å². The fourth-order valence-corrected chi connectivity index (χ4v) is 6.66. The zero-order chi connectivity index (χ0) is 37.1. The number of nitrogens with zero attached hydrogens (tertiary/aromatic N) is 4. The van der Waals surface area contributed by atoms with Gasteiger partial charge in [0, 0.05) is 48.0 Å². The third kappa shape index (κ3) is 8.46. The molecule has 1 saturated heterocycles. The summed E-state index contributed by atoms with van der Waals surface area (Å²) in [4.78, 5) is 20.5. The number of halogens is 2. The van der Waals surface area contributed by atoms with E-state index < -0.39 is 23.5 Å². The number of aromatic nitrogens is 3. The van der Waals surface area contributed by atoms with E-state index in [1.807, 2.05) is 40.7 Å². The van der Waals surface area contributed by atoms with Gasteiger partial charge in [-0.25, -0.2) is 14.2 Å². The molecule has 9 nitrogen and oxygen atoms in total. The third-order valence-electron chi connectivity index (χ3n) is 8.96. The van der Waals surface area contributed by atoms with Crippen LogP contribution in [0.1, 0.15) is 71.2 Å². The van der Waals surface area contributed by atoms with E-state index in [0.29, 0.717) is 76.4 Å². The van der Waals surface area contributed by atoms with E-state index in [2.05, 4.69) is 25.0 Å². The van der Waals surface area contributed by atoms with Crippen molar-refractivity contribution in [3.05, 3.63) is 89.9 Å². The Bertz CT molecular complexity index is 1910. The molecule has 0 bridgehead atoms. The number of hydrogen-bond donors (Lipinski definition) is 0. The predicted octanol–water partition coefficient (Wildman–Crippen LogP) is 9.10. The highest BCUT2D eigenvalue weighted by atomic mass is 35.5. The van der Waals surface area contributed by atoms with Gasteiger partial charge in [-0.3, -0.25) is 0 Å². The Morgan fingerprint density at radius 2 is 1.86 bits per heavy atom. The van der Waals surface area contributed by atoms with Gasteiger partial charge < -0.3 is 23.8 Å². The average Bonchev–Trinajstić information content (AvgIpc) is 3.50. The normalized spacial score (nSPS) is 15.7. The number of ether oxygens (including phenoxy) is 4. The molecular formula is C40H48ClFN4O5. The second kappa shape index (κ2) is 15.6. The molecular weight excluding hydrogens is 671 g/mol. The van der Waals surface area contributed by atoms with Crippen LogP contribution >= 0.6 is 11.6 Å². The second-order valence-corrected chi connectivity index (χ2v) is 14.6. The summed E-state index contributed by atoms with van der Waals surface area (Å²) >= 11 is 6.70. The first-order valence-electron chi connectivity index (χ1n) is 17.2. The third-order valence-corrected chi connectivity index (χ3v) is 9.27. The smallest absolute Gasteiger partial charge is 0.339 e. The van der Waals surface area contributed by atoms with Crippen LogP contribution in [-0.2, 0) is 19.0 Å². The number of fused-ring (bicyclic) bond motifs is 1. The van der Waals surface area contributed by atoms with Crippen molar-refractivity contribution < 1.29 is 28.1 Å². The molecule has 4 aromatic rings. The van der Waals surface area contributed by atoms with E-state index in [0.717, 1.165) is 12.8 Å². The number of esters is 1. The lowest BCUT2D eigenvalue weighted by molar-refractivity contribution is -0.164. The van der Waals surface area contributed by atoms with E-state index in [1.165, 1.54) is 13.2 Å². The largest absolute Gasteiger partial charge is 0.490 e. The summed E-state index contributed by atoms with van der Waals surface area (Å²) in [6.45, 7) is 20.9. The summed E-state index contributed by atoms with van der Waals surface area (Å²) in [6.07, 6.45) is 4.34. The van der Waals surface area contributed by atoms with Gasteiger partial charge in [-0.1, -0.05) is 29.8 Å². The van der Waals surface area contributed by atoms with E-state index in [-0.39, 0.29) is 17.3 Å². The molecule has 5 rings (SSSR count). The Morgan fingerprint density at radius 3 is 2.51 bits per heavy atom. The molecule has 1 aliphatic rings. The van der Waals surface area contributed by atoms with Gasteiger partial charge in [0.05, 0.1) is 47.3 Å². The molecule has 2 aromatic carbocycles. The van der Waals surface area contributed by atoms with Crippen LogP contribution in [0, 0.1) is 12.7 Å². The average molecular weight is 719 g/mol. The quantitative estimate of drug-likeness (QED) is 0.1000. The van der Waals surface area contributed by atoms with Crippen molar-refractivity contribution in [1.29, 1.82) is 0 Å². The van der Waals surface area contributed by atoms with Crippen LogP contribution in [-0.4, -0.2) is 64.7 Å². The maximum absolute atomic E-state index is 15.7. The molecule has 11 heteroatoms. The van der Waals surface area contributed by atoms with Crippen LogP contribution in [0.3, 0.4) is 0 Å². The Hall–Kier alpha value is -4.25. The van der Waals surface area contributed by atoms with Gasteiger partial charge in [-0.05, 0) is 84.7 Å². The Kier molecular flexibility index (Phi) is 11.6. The van der Waals surface area contributed by atoms with Gasteiger partial charge in [0.2, 0.25) is 0 Å². The fourth-order valence-electron chi connectivity index (χ4n) is 6.39. The van der Waals surface area contributed by atoms with E-state index in [1.54, 1.807) is 47.0 Å². The molecule has 2 aromatic heterocycles. The molecule has 0 aliphatic carbocycles. The maximum atomic E-state index is 15.7. The summed E-state index contributed by atoms with van der Waals surface area (Å²) in [5, 5.41) is 5.41. The lowest BCUT2D eigenvalue weighted by atomic mass is 9.92. The topological polar surface area (TPSA) is 87.4 Å². The van der Waals surface area contributed by atoms with Crippen molar-refractivity contribution in [3.8, 4) is 28.1 Å². The van der Waals surface area contributed by atoms with Gasteiger partial charge in [-0.15, -0.1) is 13.2 Å². The summed E-state index contributed by atoms with van der Waals surface area (Å²) in [7, 11) is 1.35. The fraction of sp³-hybridized carbons (Fsp3) is 0.425. The molecule has 0 saturated carbocycles. The summed E-state index contributed by atoms with van der Waals surface area (Å²) < 4.78 is 41.4. The molecule has 0 radical (unpaired) electrons. The number of methoxy groups -OCH3 is 1. The van der Waals surface area contributed by atoms with Crippen LogP contribution in [0.4, 0.5) is 10.2 Å². The molecule has 272 valence electrons. The highest BCUT2D eigenvalue weighted by Gasteiger charge is 2.38.